The van der Waals surface area contributed by atoms with E-state index < -0.39 is 17.9 Å². The fourth-order valence-electron chi connectivity index (χ4n) is 0.871. The molecule has 14 heavy (non-hydrogen) atoms. The van der Waals surface area contributed by atoms with Crippen LogP contribution in [-0.2, 0) is 4.79 Å². The summed E-state index contributed by atoms with van der Waals surface area (Å²) in [7, 11) is 0. The van der Waals surface area contributed by atoms with E-state index in [0.29, 0.717) is 5.56 Å². The molecule has 4 nitrogen and oxygen atoms in total. The highest BCUT2D eigenvalue weighted by molar-refractivity contribution is 5.96. The van der Waals surface area contributed by atoms with E-state index in [1.807, 2.05) is 0 Å². The summed E-state index contributed by atoms with van der Waals surface area (Å²) in [6.07, 6.45) is 0. The minimum absolute atomic E-state index is 0.334. The molecule has 0 bridgehead atoms. The van der Waals surface area contributed by atoms with E-state index in [0.717, 1.165) is 0 Å². The predicted molar refractivity (Wildman–Crippen MR) is 49.8 cm³/mol. The van der Waals surface area contributed by atoms with Crippen molar-refractivity contribution in [2.24, 2.45) is 0 Å². The van der Waals surface area contributed by atoms with Gasteiger partial charge in [-0.05, 0) is 19.1 Å². The van der Waals surface area contributed by atoms with E-state index in [2.05, 4.69) is 11.4 Å². The maximum Gasteiger partial charge on any atom is 0.325 e. The van der Waals surface area contributed by atoms with Crippen LogP contribution in [0.3, 0.4) is 0 Å². The number of carbonyl (C=O) groups is 2. The van der Waals surface area contributed by atoms with Gasteiger partial charge in [0.1, 0.15) is 6.04 Å². The minimum atomic E-state index is -1.06. The molecule has 1 aromatic carbocycles. The number of aliphatic carboxylic acids is 1. The lowest BCUT2D eigenvalue weighted by Crippen LogP contribution is -2.38. The van der Waals surface area contributed by atoms with Gasteiger partial charge in [0.05, 0.1) is 0 Å². The summed E-state index contributed by atoms with van der Waals surface area (Å²) in [6, 6.07) is 8.41. The van der Waals surface area contributed by atoms with Gasteiger partial charge < -0.3 is 10.4 Å². The Hall–Kier alpha value is -1.84. The second-order valence-electron chi connectivity index (χ2n) is 2.81. The molecule has 0 aromatic heterocycles. The van der Waals surface area contributed by atoms with Gasteiger partial charge in [-0.3, -0.25) is 9.59 Å². The Kier molecular flexibility index (Phi) is 3.23. The maximum atomic E-state index is 11.4. The third kappa shape index (κ3) is 2.58. The van der Waals surface area contributed by atoms with Crippen LogP contribution in [0.2, 0.25) is 0 Å². The van der Waals surface area contributed by atoms with Gasteiger partial charge in [-0.15, -0.1) is 0 Å². The molecular weight excluding hydrogens is 182 g/mol. The van der Waals surface area contributed by atoms with E-state index in [9.17, 15) is 9.59 Å². The summed E-state index contributed by atoms with van der Waals surface area (Å²) in [6.45, 7) is 1.41. The van der Waals surface area contributed by atoms with Gasteiger partial charge in [-0.25, -0.2) is 0 Å². The van der Waals surface area contributed by atoms with Gasteiger partial charge in [0, 0.05) is 5.56 Å². The molecule has 2 N–H and O–H groups in total. The van der Waals surface area contributed by atoms with Gasteiger partial charge in [-0.2, -0.15) is 0 Å². The summed E-state index contributed by atoms with van der Waals surface area (Å²) in [5.74, 6) is -1.49. The molecule has 1 unspecified atom stereocenters. The molecule has 0 saturated heterocycles. The van der Waals surface area contributed by atoms with Crippen molar-refractivity contribution in [1.82, 2.24) is 5.32 Å². The molecule has 0 heterocycles. The SMILES string of the molecule is CC(NC(=O)c1[c]cccc1)C(=O)O. The average Bonchev–Trinajstić information content (AvgIpc) is 2.19. The van der Waals surface area contributed by atoms with Gasteiger partial charge in [0.25, 0.3) is 5.91 Å². The van der Waals surface area contributed by atoms with Gasteiger partial charge in [0.15, 0.2) is 0 Å². The zero-order chi connectivity index (χ0) is 10.6. The van der Waals surface area contributed by atoms with E-state index in [4.69, 9.17) is 5.11 Å². The Morgan fingerprint density at radius 2 is 2.21 bits per heavy atom. The van der Waals surface area contributed by atoms with Crippen LogP contribution >= 0.6 is 0 Å². The molecule has 1 amide bonds. The number of nitrogens with one attached hydrogen (secondary N) is 1. The number of hydrogen-bond acceptors (Lipinski definition) is 2. The third-order valence-corrected chi connectivity index (χ3v) is 1.67. The lowest BCUT2D eigenvalue weighted by Gasteiger charge is -2.08. The molecule has 0 aliphatic heterocycles. The average molecular weight is 192 g/mol. The van der Waals surface area contributed by atoms with Gasteiger partial charge in [-0.1, -0.05) is 18.2 Å². The van der Waals surface area contributed by atoms with Crippen molar-refractivity contribution in [1.29, 1.82) is 0 Å². The van der Waals surface area contributed by atoms with E-state index in [1.54, 1.807) is 24.3 Å². The quantitative estimate of drug-likeness (QED) is 0.740. The van der Waals surface area contributed by atoms with Crippen LogP contribution in [0.4, 0.5) is 0 Å². The lowest BCUT2D eigenvalue weighted by atomic mass is 10.2. The molecule has 0 spiro atoms. The van der Waals surface area contributed by atoms with Crippen molar-refractivity contribution in [2.75, 3.05) is 0 Å². The standard InChI is InChI=1S/C10H10NO3/c1-7(10(13)14)11-9(12)8-5-3-2-4-6-8/h2-5,7H,1H3,(H,11,12)(H,13,14). The summed E-state index contributed by atoms with van der Waals surface area (Å²) in [5.41, 5.74) is 0.334. The minimum Gasteiger partial charge on any atom is -0.480 e. The van der Waals surface area contributed by atoms with Crippen LogP contribution < -0.4 is 5.32 Å². The first-order chi connectivity index (χ1) is 6.61. The molecule has 0 fully saturated rings. The largest absolute Gasteiger partial charge is 0.480 e. The number of carboxylic acid groups (broad SMARTS) is 1. The number of benzene rings is 1. The Morgan fingerprint density at radius 1 is 1.50 bits per heavy atom. The third-order valence-electron chi connectivity index (χ3n) is 1.67. The van der Waals surface area contributed by atoms with Crippen molar-refractivity contribution in [2.45, 2.75) is 13.0 Å². The normalized spacial score (nSPS) is 11.8. The van der Waals surface area contributed by atoms with Crippen molar-refractivity contribution >= 4 is 11.9 Å². The number of carboxylic acids is 1. The molecule has 1 atom stereocenters. The molecule has 73 valence electrons. The molecule has 0 aliphatic rings. The monoisotopic (exact) mass is 192 g/mol. The number of amides is 1. The zero-order valence-corrected chi connectivity index (χ0v) is 7.65. The van der Waals surface area contributed by atoms with Crippen LogP contribution in [0, 0.1) is 6.07 Å². The predicted octanol–water partition coefficient (Wildman–Crippen LogP) is 0.690. The van der Waals surface area contributed by atoms with Crippen molar-refractivity contribution in [3.05, 3.63) is 35.9 Å². The molecule has 0 aliphatic carbocycles. The van der Waals surface area contributed by atoms with Crippen LogP contribution in [0.25, 0.3) is 0 Å². The van der Waals surface area contributed by atoms with E-state index in [1.165, 1.54) is 6.92 Å². The fraction of sp³-hybridized carbons (Fsp3) is 0.200. The van der Waals surface area contributed by atoms with Crippen LogP contribution in [0.1, 0.15) is 17.3 Å². The second kappa shape index (κ2) is 4.41. The number of carbonyl (C=O) groups excluding carboxylic acids is 1. The Morgan fingerprint density at radius 3 is 2.71 bits per heavy atom. The highest BCUT2D eigenvalue weighted by Crippen LogP contribution is 1.97. The van der Waals surface area contributed by atoms with E-state index in [-0.39, 0.29) is 0 Å². The van der Waals surface area contributed by atoms with Crippen LogP contribution in [0.5, 0.6) is 0 Å². The topological polar surface area (TPSA) is 66.4 Å². The molecule has 1 radical (unpaired) electrons. The van der Waals surface area contributed by atoms with Gasteiger partial charge >= 0.3 is 5.97 Å². The molecule has 0 saturated carbocycles. The van der Waals surface area contributed by atoms with Crippen LogP contribution in [0.15, 0.2) is 24.3 Å². The van der Waals surface area contributed by atoms with Crippen LogP contribution in [-0.4, -0.2) is 23.0 Å². The fourth-order valence-corrected chi connectivity index (χ4v) is 0.871. The number of rotatable bonds is 3. The lowest BCUT2D eigenvalue weighted by molar-refractivity contribution is -0.138. The first-order valence-corrected chi connectivity index (χ1v) is 4.11. The molecular formula is C10H10NO3. The summed E-state index contributed by atoms with van der Waals surface area (Å²) >= 11 is 0. The maximum absolute atomic E-state index is 11.4. The van der Waals surface area contributed by atoms with Crippen molar-refractivity contribution in [3.63, 3.8) is 0 Å². The Labute approximate surface area is 81.6 Å². The van der Waals surface area contributed by atoms with E-state index >= 15 is 0 Å². The van der Waals surface area contributed by atoms with Gasteiger partial charge in [0.2, 0.25) is 0 Å². The summed E-state index contributed by atoms with van der Waals surface area (Å²) in [5, 5.41) is 10.9. The van der Waals surface area contributed by atoms with Crippen molar-refractivity contribution in [3.8, 4) is 0 Å². The summed E-state index contributed by atoms with van der Waals surface area (Å²) < 4.78 is 0. The first kappa shape index (κ1) is 10.2. The zero-order valence-electron chi connectivity index (χ0n) is 7.65. The Balaban J connectivity index is 2.64. The highest BCUT2D eigenvalue weighted by Gasteiger charge is 2.14. The first-order valence-electron chi connectivity index (χ1n) is 4.11. The van der Waals surface area contributed by atoms with Crippen molar-refractivity contribution < 1.29 is 14.7 Å². The molecule has 1 rings (SSSR count). The Bertz CT molecular complexity index is 334. The smallest absolute Gasteiger partial charge is 0.325 e. The highest BCUT2D eigenvalue weighted by atomic mass is 16.4. The second-order valence-corrected chi connectivity index (χ2v) is 2.81. The number of hydrogen-bond donors (Lipinski definition) is 2. The molecule has 1 aromatic rings. The molecule has 4 heteroatoms. The summed E-state index contributed by atoms with van der Waals surface area (Å²) in [4.78, 5) is 21.8.